The molecule has 4 rings (SSSR count). The first-order valence-corrected chi connectivity index (χ1v) is 13.5. The molecule has 1 saturated heterocycles. The molecule has 1 aliphatic rings. The van der Waals surface area contributed by atoms with Gasteiger partial charge in [-0.2, -0.15) is 21.5 Å². The number of carbonyl (C=O) groups excluding carboxylic acids is 1. The van der Waals surface area contributed by atoms with Crippen LogP contribution in [0.5, 0.6) is 0 Å². The van der Waals surface area contributed by atoms with E-state index in [0.717, 1.165) is 10.4 Å². The molecule has 0 N–H and O–H groups in total. The van der Waals surface area contributed by atoms with E-state index < -0.39 is 40.0 Å². The Balaban J connectivity index is 1.55. The Hall–Kier alpha value is -3.65. The van der Waals surface area contributed by atoms with Gasteiger partial charge in [0.15, 0.2) is 0 Å². The van der Waals surface area contributed by atoms with Crippen molar-refractivity contribution in [3.8, 4) is 11.5 Å². The van der Waals surface area contributed by atoms with Crippen molar-refractivity contribution < 1.29 is 35.5 Å². The van der Waals surface area contributed by atoms with E-state index in [9.17, 15) is 22.0 Å². The highest BCUT2D eigenvalue weighted by molar-refractivity contribution is 7.90. The number of alkyl halides is 2. The topological polar surface area (TPSA) is 109 Å². The largest absolute Gasteiger partial charge is 0.444 e. The van der Waals surface area contributed by atoms with E-state index in [1.807, 2.05) is 0 Å². The summed E-state index contributed by atoms with van der Waals surface area (Å²) in [5.74, 6) is -1.95. The van der Waals surface area contributed by atoms with Crippen molar-refractivity contribution in [3.05, 3.63) is 65.8 Å². The lowest BCUT2D eigenvalue weighted by Crippen LogP contribution is -2.54. The Morgan fingerprint density at radius 1 is 1.08 bits per heavy atom. The van der Waals surface area contributed by atoms with Crippen LogP contribution in [-0.4, -0.2) is 65.7 Å². The number of para-hydroxylation sites is 1. The van der Waals surface area contributed by atoms with E-state index in [4.69, 9.17) is 9.15 Å². The predicted octanol–water partition coefficient (Wildman–Crippen LogP) is 4.62. The monoisotopic (exact) mass is 567 g/mol. The molecule has 0 radical (unpaired) electrons. The molecule has 14 heteroatoms. The molecule has 210 valence electrons. The summed E-state index contributed by atoms with van der Waals surface area (Å²) in [4.78, 5) is 13.8. The van der Waals surface area contributed by atoms with Gasteiger partial charge in [0, 0.05) is 37.3 Å². The molecule has 3 aromatic rings. The standard InChI is InChI=1S/C25H28F3N5O5S/c1-25(2,3)38-24(34)31-11-13-32(14-12-31)39(35,36)33(19-7-5-4-6-8-19)16-18-10-9-17(15-20(18)26)22-29-30-23(37-22)21(27)28/h4-10,15,21H,11-14,16H2,1-3H3. The van der Waals surface area contributed by atoms with E-state index in [1.54, 1.807) is 51.1 Å². The fourth-order valence-corrected chi connectivity index (χ4v) is 5.46. The van der Waals surface area contributed by atoms with Gasteiger partial charge in [-0.05, 0) is 45.0 Å². The highest BCUT2D eigenvalue weighted by atomic mass is 32.2. The lowest BCUT2D eigenvalue weighted by atomic mass is 10.1. The quantitative estimate of drug-likeness (QED) is 0.410. The van der Waals surface area contributed by atoms with Crippen molar-refractivity contribution >= 4 is 22.0 Å². The zero-order valence-electron chi connectivity index (χ0n) is 21.6. The molecule has 1 aliphatic heterocycles. The van der Waals surface area contributed by atoms with Crippen molar-refractivity contribution in [1.29, 1.82) is 0 Å². The number of ether oxygens (including phenoxy) is 1. The van der Waals surface area contributed by atoms with Crippen LogP contribution < -0.4 is 4.31 Å². The number of halogens is 3. The highest BCUT2D eigenvalue weighted by Crippen LogP contribution is 2.28. The average Bonchev–Trinajstić information content (AvgIpc) is 3.38. The summed E-state index contributed by atoms with van der Waals surface area (Å²) in [6.45, 7) is 5.20. The van der Waals surface area contributed by atoms with Crippen molar-refractivity contribution in [2.24, 2.45) is 0 Å². The molecule has 0 spiro atoms. The summed E-state index contributed by atoms with van der Waals surface area (Å²) in [7, 11) is -4.15. The normalized spacial score (nSPS) is 15.0. The van der Waals surface area contributed by atoms with E-state index in [2.05, 4.69) is 10.2 Å². The van der Waals surface area contributed by atoms with Crippen LogP contribution in [0.3, 0.4) is 0 Å². The Labute approximate surface area is 224 Å². The number of rotatable bonds is 7. The molecule has 10 nitrogen and oxygen atoms in total. The molecule has 0 saturated carbocycles. The van der Waals surface area contributed by atoms with E-state index in [1.165, 1.54) is 21.3 Å². The lowest BCUT2D eigenvalue weighted by molar-refractivity contribution is 0.0192. The van der Waals surface area contributed by atoms with Crippen LogP contribution in [0.1, 0.15) is 38.7 Å². The minimum atomic E-state index is -4.15. The first-order chi connectivity index (χ1) is 18.3. The van der Waals surface area contributed by atoms with Crippen LogP contribution in [0, 0.1) is 5.82 Å². The fourth-order valence-electron chi connectivity index (χ4n) is 3.87. The van der Waals surface area contributed by atoms with E-state index >= 15 is 4.39 Å². The number of aromatic nitrogens is 2. The van der Waals surface area contributed by atoms with Gasteiger partial charge in [0.1, 0.15) is 11.4 Å². The lowest BCUT2D eigenvalue weighted by Gasteiger charge is -2.37. The van der Waals surface area contributed by atoms with Crippen LogP contribution >= 0.6 is 0 Å². The number of nitrogens with zero attached hydrogens (tertiary/aromatic N) is 5. The van der Waals surface area contributed by atoms with Crippen molar-refractivity contribution in [3.63, 3.8) is 0 Å². The highest BCUT2D eigenvalue weighted by Gasteiger charge is 2.35. The molecule has 0 atom stereocenters. The first-order valence-electron chi connectivity index (χ1n) is 12.1. The summed E-state index contributed by atoms with van der Waals surface area (Å²) < 4.78 is 80.8. The third-order valence-electron chi connectivity index (χ3n) is 5.78. The van der Waals surface area contributed by atoms with Gasteiger partial charge in [0.2, 0.25) is 5.89 Å². The van der Waals surface area contributed by atoms with Gasteiger partial charge in [-0.3, -0.25) is 4.31 Å². The number of amides is 1. The SMILES string of the molecule is CC(C)(C)OC(=O)N1CCN(S(=O)(=O)N(Cc2ccc(-c3nnc(C(F)F)o3)cc2F)c2ccccc2)CC1. The van der Waals surface area contributed by atoms with Gasteiger partial charge in [-0.25, -0.2) is 9.18 Å². The summed E-state index contributed by atoms with van der Waals surface area (Å²) in [5.41, 5.74) is -0.261. The van der Waals surface area contributed by atoms with E-state index in [0.29, 0.717) is 5.69 Å². The molecule has 0 aliphatic carbocycles. The Kier molecular flexibility index (Phi) is 8.16. The molecule has 2 aromatic carbocycles. The summed E-state index contributed by atoms with van der Waals surface area (Å²) >= 11 is 0. The van der Waals surface area contributed by atoms with Crippen molar-refractivity contribution in [2.75, 3.05) is 30.5 Å². The maximum Gasteiger partial charge on any atom is 0.410 e. The summed E-state index contributed by atoms with van der Waals surface area (Å²) in [6, 6.07) is 12.0. The second-order valence-corrected chi connectivity index (χ2v) is 11.6. The predicted molar refractivity (Wildman–Crippen MR) is 136 cm³/mol. The molecular formula is C25H28F3N5O5S. The minimum Gasteiger partial charge on any atom is -0.444 e. The van der Waals surface area contributed by atoms with Gasteiger partial charge in [0.25, 0.3) is 5.89 Å². The van der Waals surface area contributed by atoms with Gasteiger partial charge in [-0.1, -0.05) is 24.3 Å². The second-order valence-electron chi connectivity index (χ2n) is 9.77. The van der Waals surface area contributed by atoms with Crippen LogP contribution in [-0.2, 0) is 21.5 Å². The van der Waals surface area contributed by atoms with Gasteiger partial charge in [-0.15, -0.1) is 10.2 Å². The van der Waals surface area contributed by atoms with Gasteiger partial charge >= 0.3 is 22.7 Å². The minimum absolute atomic E-state index is 0.0238. The van der Waals surface area contributed by atoms with Crippen molar-refractivity contribution in [1.82, 2.24) is 19.4 Å². The fraction of sp³-hybridized carbons (Fsp3) is 0.400. The Morgan fingerprint density at radius 3 is 2.31 bits per heavy atom. The van der Waals surface area contributed by atoms with E-state index in [-0.39, 0.29) is 49.7 Å². The van der Waals surface area contributed by atoms with Crippen LogP contribution in [0.25, 0.3) is 11.5 Å². The molecule has 0 unspecified atom stereocenters. The molecule has 1 amide bonds. The summed E-state index contributed by atoms with van der Waals surface area (Å²) in [5, 5.41) is 6.75. The Bertz CT molecular complexity index is 1400. The smallest absolute Gasteiger partial charge is 0.410 e. The first kappa shape index (κ1) is 28.4. The van der Waals surface area contributed by atoms with Gasteiger partial charge in [0.05, 0.1) is 12.2 Å². The molecule has 1 aromatic heterocycles. The zero-order valence-corrected chi connectivity index (χ0v) is 22.4. The second kappa shape index (κ2) is 11.2. The number of carbonyl (C=O) groups is 1. The number of hydrogen-bond donors (Lipinski definition) is 0. The molecule has 2 heterocycles. The average molecular weight is 568 g/mol. The third-order valence-corrected chi connectivity index (χ3v) is 7.70. The summed E-state index contributed by atoms with van der Waals surface area (Å²) in [6.07, 6.45) is -3.49. The number of anilines is 1. The molecular weight excluding hydrogens is 539 g/mol. The maximum atomic E-state index is 15.2. The van der Waals surface area contributed by atoms with Gasteiger partial charge < -0.3 is 14.1 Å². The number of benzene rings is 2. The zero-order chi connectivity index (χ0) is 28.4. The maximum absolute atomic E-state index is 15.2. The van der Waals surface area contributed by atoms with Crippen LogP contribution in [0.2, 0.25) is 0 Å². The molecule has 39 heavy (non-hydrogen) atoms. The number of hydrogen-bond acceptors (Lipinski definition) is 7. The Morgan fingerprint density at radius 2 is 1.74 bits per heavy atom. The van der Waals surface area contributed by atoms with Crippen LogP contribution in [0.15, 0.2) is 52.9 Å². The third kappa shape index (κ3) is 6.68. The molecule has 1 fully saturated rings. The van der Waals surface area contributed by atoms with Crippen molar-refractivity contribution in [2.45, 2.75) is 39.3 Å². The molecule has 0 bridgehead atoms. The van der Waals surface area contributed by atoms with Crippen LogP contribution in [0.4, 0.5) is 23.7 Å². The number of piperazine rings is 1.